The fraction of sp³-hybridized carbons (Fsp3) is 0.464. The van der Waals surface area contributed by atoms with Crippen molar-refractivity contribution in [3.63, 3.8) is 0 Å². The van der Waals surface area contributed by atoms with E-state index in [1.54, 1.807) is 17.7 Å². The average Bonchev–Trinajstić information content (AvgIpc) is 2.82. The van der Waals surface area contributed by atoms with E-state index in [2.05, 4.69) is 20.8 Å². The molecule has 1 heterocycles. The van der Waals surface area contributed by atoms with Crippen LogP contribution in [0.1, 0.15) is 70.8 Å². The molecular weight excluding hydrogens is 426 g/mol. The molecule has 0 fully saturated rings. The zero-order valence-electron chi connectivity index (χ0n) is 21.3. The van der Waals surface area contributed by atoms with Crippen molar-refractivity contribution in [3.8, 4) is 11.4 Å². The highest BCUT2D eigenvalue weighted by molar-refractivity contribution is 5.79. The third kappa shape index (κ3) is 5.49. The monoisotopic (exact) mass is 463 g/mol. The molecule has 34 heavy (non-hydrogen) atoms. The highest BCUT2D eigenvalue weighted by Crippen LogP contribution is 2.29. The third-order valence-corrected chi connectivity index (χ3v) is 6.23. The zero-order valence-corrected chi connectivity index (χ0v) is 21.3. The molecule has 0 radical (unpaired) electrons. The summed E-state index contributed by atoms with van der Waals surface area (Å²) in [6, 6.07) is 12.7. The number of hydrogen-bond acceptors (Lipinski definition) is 4. The Morgan fingerprint density at radius 2 is 1.88 bits per heavy atom. The molecule has 3 aromatic rings. The molecule has 0 spiro atoms. The average molecular weight is 464 g/mol. The quantitative estimate of drug-likeness (QED) is 0.379. The molecule has 0 aliphatic heterocycles. The first kappa shape index (κ1) is 25.5. The molecule has 0 saturated heterocycles. The van der Waals surface area contributed by atoms with Gasteiger partial charge in [-0.1, -0.05) is 45.4 Å². The number of ether oxygens (including phenoxy) is 1. The van der Waals surface area contributed by atoms with Crippen molar-refractivity contribution in [2.45, 2.75) is 66.3 Å². The number of carbonyl (C=O) groups excluding carboxylic acids is 1. The molecule has 0 N–H and O–H groups in total. The third-order valence-electron chi connectivity index (χ3n) is 6.23. The number of methoxy groups -OCH3 is 1. The number of carbonyl (C=O) groups is 1. The van der Waals surface area contributed by atoms with Gasteiger partial charge >= 0.3 is 0 Å². The summed E-state index contributed by atoms with van der Waals surface area (Å²) in [7, 11) is 1.60. The number of amides is 1. The summed E-state index contributed by atoms with van der Waals surface area (Å²) in [5, 5.41) is 0.535. The van der Waals surface area contributed by atoms with Crippen LogP contribution in [0.4, 0.5) is 0 Å². The molecule has 3 rings (SSSR count). The van der Waals surface area contributed by atoms with Gasteiger partial charge in [-0.15, -0.1) is 0 Å². The number of benzene rings is 2. The fourth-order valence-corrected chi connectivity index (χ4v) is 4.18. The van der Waals surface area contributed by atoms with Crippen LogP contribution in [0.15, 0.2) is 47.3 Å². The van der Waals surface area contributed by atoms with Gasteiger partial charge in [-0.25, -0.2) is 4.98 Å². The second kappa shape index (κ2) is 11.3. The summed E-state index contributed by atoms with van der Waals surface area (Å²) in [6.07, 6.45) is 3.17. The SMILES string of the molecule is CCCCC(=O)N(CCC(C)C)C(C)c1nc2ccccc2c(=O)n1-c1cc(C)ccc1OC. The molecule has 2 aromatic carbocycles. The van der Waals surface area contributed by atoms with Crippen LogP contribution in [0, 0.1) is 12.8 Å². The Kier molecular flexibility index (Phi) is 8.48. The maximum atomic E-state index is 13.8. The number of para-hydroxylation sites is 1. The Morgan fingerprint density at radius 3 is 2.56 bits per heavy atom. The molecule has 0 saturated carbocycles. The van der Waals surface area contributed by atoms with Gasteiger partial charge < -0.3 is 9.64 Å². The minimum Gasteiger partial charge on any atom is -0.495 e. The predicted molar refractivity (Wildman–Crippen MR) is 138 cm³/mol. The van der Waals surface area contributed by atoms with E-state index in [1.165, 1.54) is 0 Å². The second-order valence-corrected chi connectivity index (χ2v) is 9.35. The van der Waals surface area contributed by atoms with Crippen LogP contribution >= 0.6 is 0 Å². The first-order valence-corrected chi connectivity index (χ1v) is 12.2. The van der Waals surface area contributed by atoms with Gasteiger partial charge in [0.2, 0.25) is 5.91 Å². The van der Waals surface area contributed by atoms with E-state index >= 15 is 0 Å². The van der Waals surface area contributed by atoms with E-state index in [9.17, 15) is 9.59 Å². The number of aryl methyl sites for hydroxylation is 1. The number of unbranched alkanes of at least 4 members (excludes halogenated alkanes) is 1. The zero-order chi connectivity index (χ0) is 24.8. The summed E-state index contributed by atoms with van der Waals surface area (Å²) < 4.78 is 7.26. The molecule has 6 heteroatoms. The van der Waals surface area contributed by atoms with E-state index in [0.29, 0.717) is 47.0 Å². The topological polar surface area (TPSA) is 64.4 Å². The first-order chi connectivity index (χ1) is 16.3. The van der Waals surface area contributed by atoms with Gasteiger partial charge in [0.05, 0.1) is 29.7 Å². The lowest BCUT2D eigenvalue weighted by Crippen LogP contribution is -2.38. The molecule has 0 aliphatic rings. The summed E-state index contributed by atoms with van der Waals surface area (Å²) in [5.74, 6) is 1.68. The van der Waals surface area contributed by atoms with Crippen molar-refractivity contribution in [1.29, 1.82) is 0 Å². The molecule has 0 bridgehead atoms. The minimum atomic E-state index is -0.384. The van der Waals surface area contributed by atoms with Crippen LogP contribution in [0.25, 0.3) is 16.6 Å². The van der Waals surface area contributed by atoms with Crippen LogP contribution in [0.3, 0.4) is 0 Å². The molecule has 1 atom stereocenters. The van der Waals surface area contributed by atoms with E-state index in [-0.39, 0.29) is 17.5 Å². The first-order valence-electron chi connectivity index (χ1n) is 12.2. The standard InChI is InChI=1S/C28H37N3O3/c1-7-8-13-26(32)30(17-16-19(2)3)21(5)27-29-23-12-10-9-11-22(23)28(33)31(27)24-18-20(4)14-15-25(24)34-6/h9-12,14-15,18-19,21H,7-8,13,16-17H2,1-6H3. The smallest absolute Gasteiger partial charge is 0.266 e. The van der Waals surface area contributed by atoms with Crippen molar-refractivity contribution < 1.29 is 9.53 Å². The van der Waals surface area contributed by atoms with Crippen LogP contribution in [0.5, 0.6) is 5.75 Å². The lowest BCUT2D eigenvalue weighted by atomic mass is 10.1. The number of nitrogens with zero attached hydrogens (tertiary/aromatic N) is 3. The molecule has 1 amide bonds. The number of fused-ring (bicyclic) bond motifs is 1. The van der Waals surface area contributed by atoms with E-state index < -0.39 is 0 Å². The Hall–Kier alpha value is -3.15. The lowest BCUT2D eigenvalue weighted by molar-refractivity contribution is -0.133. The highest BCUT2D eigenvalue weighted by Gasteiger charge is 2.27. The van der Waals surface area contributed by atoms with Crippen molar-refractivity contribution >= 4 is 16.8 Å². The van der Waals surface area contributed by atoms with Crippen molar-refractivity contribution in [2.24, 2.45) is 5.92 Å². The summed E-state index contributed by atoms with van der Waals surface area (Å²) >= 11 is 0. The molecular formula is C28H37N3O3. The van der Waals surface area contributed by atoms with E-state index in [1.807, 2.05) is 55.1 Å². The van der Waals surface area contributed by atoms with Crippen molar-refractivity contribution in [2.75, 3.05) is 13.7 Å². The van der Waals surface area contributed by atoms with Crippen molar-refractivity contribution in [1.82, 2.24) is 14.5 Å². The normalized spacial score (nSPS) is 12.2. The van der Waals surface area contributed by atoms with Crippen LogP contribution in [0.2, 0.25) is 0 Å². The molecule has 1 aromatic heterocycles. The van der Waals surface area contributed by atoms with Gasteiger partial charge in [0.15, 0.2) is 0 Å². The Bertz CT molecular complexity index is 1200. The Balaban J connectivity index is 2.25. The van der Waals surface area contributed by atoms with Gasteiger partial charge in [-0.2, -0.15) is 0 Å². The van der Waals surface area contributed by atoms with E-state index in [0.717, 1.165) is 24.8 Å². The highest BCUT2D eigenvalue weighted by atomic mass is 16.5. The fourth-order valence-electron chi connectivity index (χ4n) is 4.18. The molecule has 1 unspecified atom stereocenters. The summed E-state index contributed by atoms with van der Waals surface area (Å²) in [5.41, 5.74) is 2.10. The maximum Gasteiger partial charge on any atom is 0.266 e. The summed E-state index contributed by atoms with van der Waals surface area (Å²) in [6.45, 7) is 11.0. The van der Waals surface area contributed by atoms with Crippen LogP contribution < -0.4 is 10.3 Å². The second-order valence-electron chi connectivity index (χ2n) is 9.35. The number of rotatable bonds is 10. The Morgan fingerprint density at radius 1 is 1.15 bits per heavy atom. The minimum absolute atomic E-state index is 0.0974. The Labute approximate surface area is 202 Å². The number of hydrogen-bond donors (Lipinski definition) is 0. The molecule has 182 valence electrons. The largest absolute Gasteiger partial charge is 0.495 e. The van der Waals surface area contributed by atoms with Gasteiger partial charge in [0, 0.05) is 13.0 Å². The lowest BCUT2D eigenvalue weighted by Gasteiger charge is -2.31. The van der Waals surface area contributed by atoms with Gasteiger partial charge in [0.1, 0.15) is 11.6 Å². The molecule has 6 nitrogen and oxygen atoms in total. The van der Waals surface area contributed by atoms with Crippen molar-refractivity contribution in [3.05, 3.63) is 64.2 Å². The number of aromatic nitrogens is 2. The van der Waals surface area contributed by atoms with Crippen LogP contribution in [-0.4, -0.2) is 34.0 Å². The predicted octanol–water partition coefficient (Wildman–Crippen LogP) is 5.83. The van der Waals surface area contributed by atoms with Gasteiger partial charge in [0.25, 0.3) is 5.56 Å². The summed E-state index contributed by atoms with van der Waals surface area (Å²) in [4.78, 5) is 34.0. The van der Waals surface area contributed by atoms with E-state index in [4.69, 9.17) is 9.72 Å². The maximum absolute atomic E-state index is 13.8. The van der Waals surface area contributed by atoms with Gasteiger partial charge in [-0.3, -0.25) is 14.2 Å². The van der Waals surface area contributed by atoms with Gasteiger partial charge in [-0.05, 0) is 62.4 Å². The molecule has 0 aliphatic carbocycles. The van der Waals surface area contributed by atoms with Crippen LogP contribution in [-0.2, 0) is 4.79 Å².